The van der Waals surface area contributed by atoms with Gasteiger partial charge in [-0.3, -0.25) is 0 Å². The van der Waals surface area contributed by atoms with Crippen molar-refractivity contribution in [1.29, 1.82) is 0 Å². The molecule has 0 radical (unpaired) electrons. The first kappa shape index (κ1) is 18.8. The zero-order valence-electron chi connectivity index (χ0n) is 16.8. The molecule has 3 aromatic rings. The van der Waals surface area contributed by atoms with Gasteiger partial charge in [0.1, 0.15) is 11.4 Å². The SMILES string of the molecule is Cc1nc(N[C@@H]2CCCN(CC3CCC3)C2)nnc1-c1ccc2sccc2c1O. The lowest BCUT2D eigenvalue weighted by Crippen LogP contribution is -2.45. The van der Waals surface area contributed by atoms with Crippen molar-refractivity contribution in [2.45, 2.75) is 45.1 Å². The molecule has 2 aromatic heterocycles. The lowest BCUT2D eigenvalue weighted by Gasteiger charge is -2.37. The number of likely N-dealkylation sites (tertiary alicyclic amines) is 1. The molecule has 29 heavy (non-hydrogen) atoms. The number of thiophene rings is 1. The van der Waals surface area contributed by atoms with Crippen LogP contribution in [0.1, 0.15) is 37.8 Å². The molecule has 6 nitrogen and oxygen atoms in total. The van der Waals surface area contributed by atoms with Crippen molar-refractivity contribution in [3.63, 3.8) is 0 Å². The minimum absolute atomic E-state index is 0.252. The third kappa shape index (κ3) is 3.81. The van der Waals surface area contributed by atoms with E-state index in [2.05, 4.69) is 25.4 Å². The van der Waals surface area contributed by atoms with E-state index in [1.807, 2.05) is 30.5 Å². The van der Waals surface area contributed by atoms with Crippen LogP contribution in [-0.4, -0.2) is 50.9 Å². The van der Waals surface area contributed by atoms with Gasteiger partial charge in [0.05, 0.1) is 5.69 Å². The van der Waals surface area contributed by atoms with Crippen LogP contribution in [0.15, 0.2) is 23.6 Å². The first-order valence-electron chi connectivity index (χ1n) is 10.6. The first-order chi connectivity index (χ1) is 14.2. The minimum Gasteiger partial charge on any atom is -0.507 e. The summed E-state index contributed by atoms with van der Waals surface area (Å²) in [5.41, 5.74) is 2.09. The molecule has 0 spiro atoms. The van der Waals surface area contributed by atoms with Crippen molar-refractivity contribution in [3.05, 3.63) is 29.3 Å². The second-order valence-electron chi connectivity index (χ2n) is 8.40. The summed E-state index contributed by atoms with van der Waals surface area (Å²) in [5, 5.41) is 25.7. The standard InChI is InChI=1S/C22H27N5OS/c1-14-20(18-7-8-19-17(21(18)28)9-11-29-19)25-26-22(23-14)24-16-6-3-10-27(13-16)12-15-4-2-5-15/h7-9,11,15-16,28H,2-6,10,12-13H2,1H3,(H,23,24,26)/t16-/m1/s1. The summed E-state index contributed by atoms with van der Waals surface area (Å²) in [7, 11) is 0. The summed E-state index contributed by atoms with van der Waals surface area (Å²) < 4.78 is 1.06. The number of aryl methyl sites for hydroxylation is 1. The topological polar surface area (TPSA) is 74.2 Å². The number of anilines is 1. The van der Waals surface area contributed by atoms with Gasteiger partial charge in [-0.15, -0.1) is 21.5 Å². The molecule has 3 heterocycles. The summed E-state index contributed by atoms with van der Waals surface area (Å²) in [4.78, 5) is 7.25. The quantitative estimate of drug-likeness (QED) is 0.649. The average molecular weight is 410 g/mol. The van der Waals surface area contributed by atoms with E-state index < -0.39 is 0 Å². The van der Waals surface area contributed by atoms with Crippen molar-refractivity contribution >= 4 is 27.4 Å². The van der Waals surface area contributed by atoms with Crippen LogP contribution in [-0.2, 0) is 0 Å². The number of phenolic OH excluding ortho intramolecular Hbond substituents is 1. The molecule has 1 aromatic carbocycles. The highest BCUT2D eigenvalue weighted by atomic mass is 32.1. The molecule has 2 fully saturated rings. The van der Waals surface area contributed by atoms with E-state index in [0.29, 0.717) is 23.2 Å². The Labute approximate surface area is 175 Å². The Morgan fingerprint density at radius 3 is 2.86 bits per heavy atom. The lowest BCUT2D eigenvalue weighted by molar-refractivity contribution is 0.148. The molecule has 1 saturated heterocycles. The second kappa shape index (κ2) is 7.88. The number of piperidine rings is 1. The molecule has 2 N–H and O–H groups in total. The van der Waals surface area contributed by atoms with Gasteiger partial charge in [-0.2, -0.15) is 0 Å². The highest BCUT2D eigenvalue weighted by Crippen LogP contribution is 2.38. The summed E-state index contributed by atoms with van der Waals surface area (Å²) in [5.74, 6) is 1.74. The molecular formula is C22H27N5OS. The zero-order valence-corrected chi connectivity index (χ0v) is 17.6. The fourth-order valence-corrected chi connectivity index (χ4v) is 5.28. The van der Waals surface area contributed by atoms with Crippen LogP contribution in [0.2, 0.25) is 0 Å². The predicted molar refractivity (Wildman–Crippen MR) is 117 cm³/mol. The van der Waals surface area contributed by atoms with Crippen LogP contribution < -0.4 is 5.32 Å². The Morgan fingerprint density at radius 2 is 2.07 bits per heavy atom. The van der Waals surface area contributed by atoms with Gasteiger partial charge in [0.2, 0.25) is 5.95 Å². The maximum atomic E-state index is 10.7. The first-order valence-corrected chi connectivity index (χ1v) is 11.4. The van der Waals surface area contributed by atoms with Gasteiger partial charge < -0.3 is 15.3 Å². The van der Waals surface area contributed by atoms with E-state index in [-0.39, 0.29) is 5.75 Å². The van der Waals surface area contributed by atoms with Gasteiger partial charge in [-0.1, -0.05) is 6.42 Å². The van der Waals surface area contributed by atoms with Crippen molar-refractivity contribution in [2.24, 2.45) is 5.92 Å². The van der Waals surface area contributed by atoms with Crippen LogP contribution in [0.25, 0.3) is 21.3 Å². The van der Waals surface area contributed by atoms with Crippen LogP contribution in [0.3, 0.4) is 0 Å². The van der Waals surface area contributed by atoms with Crippen molar-refractivity contribution in [2.75, 3.05) is 25.0 Å². The van der Waals surface area contributed by atoms with E-state index in [0.717, 1.165) is 34.7 Å². The molecule has 1 aliphatic carbocycles. The Morgan fingerprint density at radius 1 is 1.17 bits per heavy atom. The van der Waals surface area contributed by atoms with Gasteiger partial charge in [-0.05, 0) is 68.6 Å². The third-order valence-corrected chi connectivity index (χ3v) is 7.18. The number of aromatic hydroxyl groups is 1. The second-order valence-corrected chi connectivity index (χ2v) is 9.35. The highest BCUT2D eigenvalue weighted by molar-refractivity contribution is 7.17. The fourth-order valence-electron chi connectivity index (χ4n) is 4.50. The monoisotopic (exact) mass is 409 g/mol. The Bertz CT molecular complexity index is 1020. The number of aromatic nitrogens is 3. The van der Waals surface area contributed by atoms with E-state index in [4.69, 9.17) is 0 Å². The molecule has 0 amide bonds. The summed E-state index contributed by atoms with van der Waals surface area (Å²) in [6.07, 6.45) is 6.54. The van der Waals surface area contributed by atoms with Crippen LogP contribution >= 0.6 is 11.3 Å². The van der Waals surface area contributed by atoms with E-state index in [1.54, 1.807) is 11.3 Å². The molecule has 1 atom stereocenters. The number of rotatable bonds is 5. The number of nitrogens with one attached hydrogen (secondary N) is 1. The normalized spacial score (nSPS) is 20.7. The molecule has 0 unspecified atom stereocenters. The smallest absolute Gasteiger partial charge is 0.243 e. The predicted octanol–water partition coefficient (Wildman–Crippen LogP) is 4.44. The molecule has 0 bridgehead atoms. The molecule has 152 valence electrons. The van der Waals surface area contributed by atoms with Gasteiger partial charge in [0, 0.05) is 34.8 Å². The molecule has 5 rings (SSSR count). The Kier molecular flexibility index (Phi) is 5.09. The van der Waals surface area contributed by atoms with Gasteiger partial charge >= 0.3 is 0 Å². The largest absolute Gasteiger partial charge is 0.507 e. The molecule has 2 aliphatic rings. The third-order valence-electron chi connectivity index (χ3n) is 6.30. The average Bonchev–Trinajstić information content (AvgIpc) is 3.16. The van der Waals surface area contributed by atoms with Gasteiger partial charge in [-0.25, -0.2) is 4.98 Å². The Hall–Kier alpha value is -2.25. The van der Waals surface area contributed by atoms with Crippen molar-refractivity contribution in [3.8, 4) is 17.0 Å². The summed E-state index contributed by atoms with van der Waals surface area (Å²) in [6, 6.07) is 6.22. The lowest BCUT2D eigenvalue weighted by atomic mass is 9.84. The number of nitrogens with zero attached hydrogens (tertiary/aromatic N) is 4. The van der Waals surface area contributed by atoms with Gasteiger partial charge in [0.25, 0.3) is 0 Å². The summed E-state index contributed by atoms with van der Waals surface area (Å²) >= 11 is 1.61. The minimum atomic E-state index is 0.252. The maximum Gasteiger partial charge on any atom is 0.243 e. The van der Waals surface area contributed by atoms with E-state index >= 15 is 0 Å². The molecular weight excluding hydrogens is 382 g/mol. The van der Waals surface area contributed by atoms with Crippen LogP contribution in [0, 0.1) is 12.8 Å². The van der Waals surface area contributed by atoms with Gasteiger partial charge in [0.15, 0.2) is 0 Å². The Balaban J connectivity index is 1.31. The molecule has 1 aliphatic heterocycles. The van der Waals surface area contributed by atoms with E-state index in [9.17, 15) is 5.11 Å². The number of benzene rings is 1. The number of fused-ring (bicyclic) bond motifs is 1. The fraction of sp³-hybridized carbons (Fsp3) is 0.500. The number of hydrogen-bond donors (Lipinski definition) is 2. The summed E-state index contributed by atoms with van der Waals surface area (Å²) in [6.45, 7) is 5.42. The van der Waals surface area contributed by atoms with Crippen molar-refractivity contribution in [1.82, 2.24) is 20.1 Å². The number of phenols is 1. The molecule has 7 heteroatoms. The van der Waals surface area contributed by atoms with Crippen molar-refractivity contribution < 1.29 is 5.11 Å². The van der Waals surface area contributed by atoms with Crippen LogP contribution in [0.5, 0.6) is 5.75 Å². The van der Waals surface area contributed by atoms with Crippen LogP contribution in [0.4, 0.5) is 5.95 Å². The molecule has 1 saturated carbocycles. The number of hydrogen-bond acceptors (Lipinski definition) is 7. The maximum absolute atomic E-state index is 10.7. The zero-order chi connectivity index (χ0) is 19.8. The van der Waals surface area contributed by atoms with E-state index in [1.165, 1.54) is 38.8 Å². The highest BCUT2D eigenvalue weighted by Gasteiger charge is 2.26.